The smallest absolute Gasteiger partial charge is 0.0401 e. The Balaban J connectivity index is 1.60. The number of nitrogens with zero attached hydrogens (tertiary/aromatic N) is 1. The summed E-state index contributed by atoms with van der Waals surface area (Å²) in [5.74, 6) is 0. The molecule has 0 saturated carbocycles. The molecule has 0 aliphatic carbocycles. The Bertz CT molecular complexity index is 400. The van der Waals surface area contributed by atoms with Gasteiger partial charge in [0.25, 0.3) is 0 Å². The van der Waals surface area contributed by atoms with Gasteiger partial charge < -0.3 is 10.6 Å². The van der Waals surface area contributed by atoms with Crippen molar-refractivity contribution in [3.8, 4) is 0 Å². The number of rotatable bonds is 9. The summed E-state index contributed by atoms with van der Waals surface area (Å²) in [7, 11) is 0. The van der Waals surface area contributed by atoms with E-state index in [0.29, 0.717) is 0 Å². The van der Waals surface area contributed by atoms with Crippen molar-refractivity contribution in [3.05, 3.63) is 23.8 Å². The van der Waals surface area contributed by atoms with Crippen LogP contribution in [0, 0.1) is 0 Å². The molecule has 2 N–H and O–H groups in total. The van der Waals surface area contributed by atoms with Gasteiger partial charge in [-0.15, -0.1) is 0 Å². The summed E-state index contributed by atoms with van der Waals surface area (Å²) in [6.45, 7) is 4.67. The predicted octanol–water partition coefficient (Wildman–Crippen LogP) is 4.77. The Labute approximate surface area is 124 Å². The summed E-state index contributed by atoms with van der Waals surface area (Å²) in [5.41, 5.74) is 9.60. The summed E-state index contributed by atoms with van der Waals surface area (Å²) in [5, 5.41) is 0. The normalized spacial score (nSPS) is 13.8. The molecule has 0 aromatic heterocycles. The van der Waals surface area contributed by atoms with Gasteiger partial charge in [0, 0.05) is 24.5 Å². The van der Waals surface area contributed by atoms with Gasteiger partial charge in [-0.3, -0.25) is 0 Å². The van der Waals surface area contributed by atoms with E-state index in [9.17, 15) is 0 Å². The average Bonchev–Trinajstić information content (AvgIpc) is 2.84. The highest BCUT2D eigenvalue weighted by Gasteiger charge is 2.18. The molecule has 0 fully saturated rings. The molecule has 0 bridgehead atoms. The largest absolute Gasteiger partial charge is 0.399 e. The third-order valence-corrected chi connectivity index (χ3v) is 4.38. The first-order valence-electron chi connectivity index (χ1n) is 8.44. The summed E-state index contributed by atoms with van der Waals surface area (Å²) in [6.07, 6.45) is 12.3. The Morgan fingerprint density at radius 2 is 1.70 bits per heavy atom. The molecule has 2 rings (SSSR count). The maximum atomic E-state index is 5.85. The minimum Gasteiger partial charge on any atom is -0.399 e. The Kier molecular flexibility index (Phi) is 6.23. The van der Waals surface area contributed by atoms with Crippen molar-refractivity contribution in [2.75, 3.05) is 23.7 Å². The van der Waals surface area contributed by atoms with E-state index < -0.39 is 0 Å². The second-order valence-corrected chi connectivity index (χ2v) is 6.10. The quantitative estimate of drug-likeness (QED) is 0.519. The van der Waals surface area contributed by atoms with Crippen molar-refractivity contribution in [1.29, 1.82) is 0 Å². The van der Waals surface area contributed by atoms with Crippen molar-refractivity contribution in [2.24, 2.45) is 0 Å². The summed E-state index contributed by atoms with van der Waals surface area (Å²) in [6, 6.07) is 6.37. The van der Waals surface area contributed by atoms with E-state index in [2.05, 4.69) is 24.0 Å². The molecule has 0 amide bonds. The third kappa shape index (κ3) is 4.43. The molecule has 2 heteroatoms. The second kappa shape index (κ2) is 8.18. The molecular weight excluding hydrogens is 244 g/mol. The molecule has 112 valence electrons. The van der Waals surface area contributed by atoms with E-state index in [1.54, 1.807) is 0 Å². The van der Waals surface area contributed by atoms with Crippen LogP contribution >= 0.6 is 0 Å². The fourth-order valence-electron chi connectivity index (χ4n) is 3.16. The average molecular weight is 274 g/mol. The fourth-order valence-corrected chi connectivity index (χ4v) is 3.16. The molecule has 1 aromatic carbocycles. The van der Waals surface area contributed by atoms with Crippen LogP contribution in [0.15, 0.2) is 18.2 Å². The minimum absolute atomic E-state index is 0.901. The molecule has 1 heterocycles. The van der Waals surface area contributed by atoms with Crippen LogP contribution in [0.3, 0.4) is 0 Å². The van der Waals surface area contributed by atoms with Crippen molar-refractivity contribution >= 4 is 11.4 Å². The zero-order valence-corrected chi connectivity index (χ0v) is 13.0. The maximum Gasteiger partial charge on any atom is 0.0401 e. The number of nitrogens with two attached hydrogens (primary N) is 1. The Hall–Kier alpha value is -1.18. The second-order valence-electron chi connectivity index (χ2n) is 6.10. The van der Waals surface area contributed by atoms with E-state index in [1.807, 2.05) is 6.07 Å². The summed E-state index contributed by atoms with van der Waals surface area (Å²) < 4.78 is 0. The van der Waals surface area contributed by atoms with Crippen LogP contribution in [0.2, 0.25) is 0 Å². The van der Waals surface area contributed by atoms with Crippen LogP contribution < -0.4 is 10.6 Å². The molecule has 0 radical (unpaired) electrons. The van der Waals surface area contributed by atoms with Crippen LogP contribution in [-0.4, -0.2) is 13.1 Å². The van der Waals surface area contributed by atoms with Crippen LogP contribution in [0.25, 0.3) is 0 Å². The molecule has 2 nitrogen and oxygen atoms in total. The van der Waals surface area contributed by atoms with Crippen molar-refractivity contribution in [3.63, 3.8) is 0 Å². The lowest BCUT2D eigenvalue weighted by Crippen LogP contribution is -2.21. The van der Waals surface area contributed by atoms with Gasteiger partial charge in [0.1, 0.15) is 0 Å². The van der Waals surface area contributed by atoms with Gasteiger partial charge in [-0.1, -0.05) is 51.9 Å². The number of benzene rings is 1. The van der Waals surface area contributed by atoms with Crippen LogP contribution in [0.4, 0.5) is 11.4 Å². The van der Waals surface area contributed by atoms with Gasteiger partial charge in [0.15, 0.2) is 0 Å². The number of hydrogen-bond donors (Lipinski definition) is 1. The van der Waals surface area contributed by atoms with E-state index in [1.165, 1.54) is 75.7 Å². The van der Waals surface area contributed by atoms with Gasteiger partial charge in [-0.2, -0.15) is 0 Å². The Morgan fingerprint density at radius 3 is 2.45 bits per heavy atom. The summed E-state index contributed by atoms with van der Waals surface area (Å²) in [4.78, 5) is 2.53. The SMILES string of the molecule is CCCCCCCCCCN1CCc2cc(N)ccc21. The van der Waals surface area contributed by atoms with E-state index in [-0.39, 0.29) is 0 Å². The highest BCUT2D eigenvalue weighted by atomic mass is 15.1. The third-order valence-electron chi connectivity index (χ3n) is 4.38. The molecule has 1 aliphatic rings. The highest BCUT2D eigenvalue weighted by molar-refractivity contribution is 5.62. The predicted molar refractivity (Wildman–Crippen MR) is 89.4 cm³/mol. The standard InChI is InChI=1S/C18H30N2/c1-2-3-4-5-6-7-8-9-13-20-14-12-16-15-17(19)10-11-18(16)20/h10-11,15H,2-9,12-14,19H2,1H3. The molecule has 20 heavy (non-hydrogen) atoms. The lowest BCUT2D eigenvalue weighted by atomic mass is 10.1. The van der Waals surface area contributed by atoms with Crippen LogP contribution in [0.5, 0.6) is 0 Å². The number of fused-ring (bicyclic) bond motifs is 1. The number of hydrogen-bond acceptors (Lipinski definition) is 2. The summed E-state index contributed by atoms with van der Waals surface area (Å²) >= 11 is 0. The molecule has 1 aliphatic heterocycles. The molecule has 0 atom stereocenters. The van der Waals surface area contributed by atoms with Gasteiger partial charge in [-0.05, 0) is 36.6 Å². The van der Waals surface area contributed by atoms with Crippen LogP contribution in [0.1, 0.15) is 63.9 Å². The van der Waals surface area contributed by atoms with E-state index >= 15 is 0 Å². The van der Waals surface area contributed by atoms with Crippen molar-refractivity contribution in [1.82, 2.24) is 0 Å². The topological polar surface area (TPSA) is 29.3 Å². The fraction of sp³-hybridized carbons (Fsp3) is 0.667. The molecule has 0 saturated heterocycles. The van der Waals surface area contributed by atoms with Gasteiger partial charge >= 0.3 is 0 Å². The van der Waals surface area contributed by atoms with E-state index in [0.717, 1.165) is 12.1 Å². The lowest BCUT2D eigenvalue weighted by Gasteiger charge is -2.19. The Morgan fingerprint density at radius 1 is 1.00 bits per heavy atom. The van der Waals surface area contributed by atoms with Gasteiger partial charge in [-0.25, -0.2) is 0 Å². The highest BCUT2D eigenvalue weighted by Crippen LogP contribution is 2.29. The van der Waals surface area contributed by atoms with Crippen molar-refractivity contribution in [2.45, 2.75) is 64.7 Å². The zero-order chi connectivity index (χ0) is 14.2. The van der Waals surface area contributed by atoms with Gasteiger partial charge in [0.05, 0.1) is 0 Å². The van der Waals surface area contributed by atoms with E-state index in [4.69, 9.17) is 5.73 Å². The first kappa shape index (κ1) is 15.2. The molecule has 0 spiro atoms. The molecule has 0 unspecified atom stereocenters. The number of unbranched alkanes of at least 4 members (excludes halogenated alkanes) is 7. The monoisotopic (exact) mass is 274 g/mol. The van der Waals surface area contributed by atoms with Gasteiger partial charge in [0.2, 0.25) is 0 Å². The first-order valence-corrected chi connectivity index (χ1v) is 8.44. The minimum atomic E-state index is 0.901. The molecule has 1 aromatic rings. The number of nitrogen functional groups attached to an aromatic ring is 1. The number of anilines is 2. The maximum absolute atomic E-state index is 5.85. The van der Waals surface area contributed by atoms with Crippen molar-refractivity contribution < 1.29 is 0 Å². The van der Waals surface area contributed by atoms with Crippen LogP contribution in [-0.2, 0) is 6.42 Å². The lowest BCUT2D eigenvalue weighted by molar-refractivity contribution is 0.573. The molecular formula is C18H30N2. The zero-order valence-electron chi connectivity index (χ0n) is 13.0. The first-order chi connectivity index (χ1) is 9.81.